The van der Waals surface area contributed by atoms with Gasteiger partial charge in [-0.2, -0.15) is 0 Å². The van der Waals surface area contributed by atoms with Gasteiger partial charge in [0.1, 0.15) is 6.10 Å². The van der Waals surface area contributed by atoms with Crippen LogP contribution in [0.1, 0.15) is 24.8 Å². The monoisotopic (exact) mass is 383 g/mol. The summed E-state index contributed by atoms with van der Waals surface area (Å²) < 4.78 is 5.87. The molecule has 1 aliphatic heterocycles. The summed E-state index contributed by atoms with van der Waals surface area (Å²) in [4.78, 5) is 28.5. The van der Waals surface area contributed by atoms with Gasteiger partial charge >= 0.3 is 0 Å². The third kappa shape index (κ3) is 5.87. The lowest BCUT2D eigenvalue weighted by atomic mass is 9.96. The Labute approximate surface area is 164 Å². The molecule has 3 N–H and O–H groups in total. The first-order valence-corrected chi connectivity index (χ1v) is 9.43. The molecule has 0 radical (unpaired) electrons. The Balaban J connectivity index is 1.47. The molecule has 148 valence electrons. The highest BCUT2D eigenvalue weighted by molar-refractivity contribution is 5.91. The Morgan fingerprint density at radius 1 is 1.11 bits per heavy atom. The van der Waals surface area contributed by atoms with E-state index in [-0.39, 0.29) is 43.4 Å². The first-order valence-electron chi connectivity index (χ1n) is 9.43. The summed E-state index contributed by atoms with van der Waals surface area (Å²) in [6, 6.07) is 12.6. The van der Waals surface area contributed by atoms with Crippen LogP contribution in [0.3, 0.4) is 0 Å². The summed E-state index contributed by atoms with van der Waals surface area (Å²) in [5, 5.41) is 15.4. The van der Waals surface area contributed by atoms with Crippen molar-refractivity contribution in [2.24, 2.45) is 0 Å². The first kappa shape index (κ1) is 20.0. The molecule has 3 rings (SSSR count). The van der Waals surface area contributed by atoms with Crippen LogP contribution < -0.4 is 10.6 Å². The molecule has 1 aromatic carbocycles. The fourth-order valence-electron chi connectivity index (χ4n) is 3.33. The number of rotatable bonds is 7. The van der Waals surface area contributed by atoms with Gasteiger partial charge < -0.3 is 20.5 Å². The maximum absolute atomic E-state index is 12.3. The number of para-hydroxylation sites is 1. The summed E-state index contributed by atoms with van der Waals surface area (Å²) in [7, 11) is 0. The molecule has 3 atom stereocenters. The highest BCUT2D eigenvalue weighted by Gasteiger charge is 2.32. The molecule has 1 aliphatic rings. The van der Waals surface area contributed by atoms with Gasteiger partial charge in [-0.15, -0.1) is 0 Å². The lowest BCUT2D eigenvalue weighted by Gasteiger charge is -2.36. The lowest BCUT2D eigenvalue weighted by Crippen LogP contribution is -2.51. The van der Waals surface area contributed by atoms with E-state index in [0.717, 1.165) is 11.3 Å². The molecule has 0 aliphatic carbocycles. The maximum Gasteiger partial charge on any atom is 0.226 e. The molecule has 0 bridgehead atoms. The number of benzene rings is 1. The number of aromatic nitrogens is 1. The average Bonchev–Trinajstić information content (AvgIpc) is 2.70. The van der Waals surface area contributed by atoms with Crippen LogP contribution in [-0.4, -0.2) is 46.8 Å². The summed E-state index contributed by atoms with van der Waals surface area (Å²) >= 11 is 0. The number of pyridine rings is 1. The maximum atomic E-state index is 12.3. The van der Waals surface area contributed by atoms with Gasteiger partial charge in [0.15, 0.2) is 0 Å². The Morgan fingerprint density at radius 3 is 2.64 bits per heavy atom. The normalized spacial score (nSPS) is 21.7. The first-order chi connectivity index (χ1) is 13.6. The zero-order valence-corrected chi connectivity index (χ0v) is 15.6. The second kappa shape index (κ2) is 9.96. The molecule has 0 unspecified atom stereocenters. The van der Waals surface area contributed by atoms with Gasteiger partial charge in [0.25, 0.3) is 0 Å². The van der Waals surface area contributed by atoms with Crippen LogP contribution in [-0.2, 0) is 20.7 Å². The van der Waals surface area contributed by atoms with E-state index in [9.17, 15) is 14.7 Å². The van der Waals surface area contributed by atoms with Gasteiger partial charge in [-0.3, -0.25) is 14.6 Å². The number of carbonyl (C=O) groups is 2. The van der Waals surface area contributed by atoms with Crippen molar-refractivity contribution >= 4 is 17.5 Å². The van der Waals surface area contributed by atoms with E-state index in [1.807, 2.05) is 36.4 Å². The molecule has 7 nitrogen and oxygen atoms in total. The van der Waals surface area contributed by atoms with Gasteiger partial charge in [0, 0.05) is 18.1 Å². The molecule has 1 saturated heterocycles. The number of anilines is 1. The second-order valence-corrected chi connectivity index (χ2v) is 6.89. The molecule has 2 heterocycles. The average molecular weight is 383 g/mol. The molecule has 0 saturated carbocycles. The van der Waals surface area contributed by atoms with Gasteiger partial charge in [0.2, 0.25) is 11.8 Å². The number of amides is 2. The van der Waals surface area contributed by atoms with E-state index >= 15 is 0 Å². The highest BCUT2D eigenvalue weighted by atomic mass is 16.5. The van der Waals surface area contributed by atoms with Crippen molar-refractivity contribution in [3.05, 3.63) is 60.4 Å². The van der Waals surface area contributed by atoms with Gasteiger partial charge in [-0.1, -0.05) is 24.3 Å². The number of nitrogens with zero attached hydrogens (tertiary/aromatic N) is 1. The molecule has 2 amide bonds. The Kier molecular flexibility index (Phi) is 7.11. The minimum atomic E-state index is -0.527. The Morgan fingerprint density at radius 2 is 1.93 bits per heavy atom. The van der Waals surface area contributed by atoms with Crippen molar-refractivity contribution in [3.8, 4) is 0 Å². The molecule has 2 aromatic rings. The Hall–Kier alpha value is -2.77. The van der Waals surface area contributed by atoms with Crippen LogP contribution >= 0.6 is 0 Å². The third-order valence-corrected chi connectivity index (χ3v) is 4.70. The number of nitrogens with one attached hydrogen (secondary N) is 2. The minimum Gasteiger partial charge on any atom is -0.394 e. The van der Waals surface area contributed by atoms with E-state index in [1.165, 1.54) is 0 Å². The van der Waals surface area contributed by atoms with Crippen LogP contribution in [0.25, 0.3) is 0 Å². The van der Waals surface area contributed by atoms with E-state index in [2.05, 4.69) is 15.6 Å². The zero-order valence-electron chi connectivity index (χ0n) is 15.6. The van der Waals surface area contributed by atoms with Crippen molar-refractivity contribution in [3.63, 3.8) is 0 Å². The number of hydrogen-bond donors (Lipinski definition) is 3. The van der Waals surface area contributed by atoms with Gasteiger partial charge in [-0.25, -0.2) is 0 Å². The summed E-state index contributed by atoms with van der Waals surface area (Å²) in [6.07, 6.45) is 4.22. The van der Waals surface area contributed by atoms with E-state index in [4.69, 9.17) is 4.74 Å². The van der Waals surface area contributed by atoms with Crippen molar-refractivity contribution in [1.29, 1.82) is 0 Å². The van der Waals surface area contributed by atoms with Gasteiger partial charge in [0.05, 0.1) is 31.6 Å². The number of aliphatic hydroxyl groups excluding tert-OH is 1. The van der Waals surface area contributed by atoms with Crippen LogP contribution in [0.4, 0.5) is 5.69 Å². The number of aliphatic hydroxyl groups is 1. The van der Waals surface area contributed by atoms with Crippen LogP contribution in [0, 0.1) is 0 Å². The van der Waals surface area contributed by atoms with Crippen LogP contribution in [0.15, 0.2) is 54.9 Å². The van der Waals surface area contributed by atoms with Crippen molar-refractivity contribution in [2.75, 3.05) is 11.9 Å². The molecule has 7 heteroatoms. The van der Waals surface area contributed by atoms with Crippen LogP contribution in [0.5, 0.6) is 0 Å². The quantitative estimate of drug-likeness (QED) is 0.675. The number of ether oxygens (including phenoxy) is 1. The van der Waals surface area contributed by atoms with Crippen molar-refractivity contribution in [1.82, 2.24) is 10.3 Å². The fourth-order valence-corrected chi connectivity index (χ4v) is 3.33. The van der Waals surface area contributed by atoms with E-state index < -0.39 is 6.10 Å². The third-order valence-electron chi connectivity index (χ3n) is 4.70. The molecule has 28 heavy (non-hydrogen) atoms. The Bertz CT molecular complexity index is 770. The van der Waals surface area contributed by atoms with Gasteiger partial charge in [-0.05, 0) is 36.6 Å². The topological polar surface area (TPSA) is 101 Å². The standard InChI is InChI=1S/C21H25N3O4/c25-14-19-18(24-20(26)11-15-5-4-10-22-13-15)9-8-17(28-19)12-21(27)23-16-6-2-1-3-7-16/h1-7,10,13,17-19,25H,8-9,11-12,14H2,(H,23,27)(H,24,26)/t17-,18+,19+/m0/s1. The SMILES string of the molecule is O=C(C[C@@H]1CC[C@@H](NC(=O)Cc2cccnc2)[C@@H](CO)O1)Nc1ccccc1. The number of carbonyl (C=O) groups excluding carboxylic acids is 2. The van der Waals surface area contributed by atoms with E-state index in [1.54, 1.807) is 18.5 Å². The predicted octanol–water partition coefficient (Wildman–Crippen LogP) is 1.68. The predicted molar refractivity (Wildman–Crippen MR) is 105 cm³/mol. The molecule has 1 fully saturated rings. The van der Waals surface area contributed by atoms with Crippen molar-refractivity contribution < 1.29 is 19.4 Å². The smallest absolute Gasteiger partial charge is 0.226 e. The molecule has 1 aromatic heterocycles. The summed E-state index contributed by atoms with van der Waals surface area (Å²) in [5.41, 5.74) is 1.57. The fraction of sp³-hybridized carbons (Fsp3) is 0.381. The van der Waals surface area contributed by atoms with E-state index in [0.29, 0.717) is 12.8 Å². The zero-order chi connectivity index (χ0) is 19.8. The lowest BCUT2D eigenvalue weighted by molar-refractivity contribution is -0.133. The second-order valence-electron chi connectivity index (χ2n) is 6.89. The van der Waals surface area contributed by atoms with Crippen LogP contribution in [0.2, 0.25) is 0 Å². The molecular formula is C21H25N3O4. The summed E-state index contributed by atoms with van der Waals surface area (Å²) in [5.74, 6) is -0.271. The molecule has 0 spiro atoms. The highest BCUT2D eigenvalue weighted by Crippen LogP contribution is 2.22. The largest absolute Gasteiger partial charge is 0.394 e. The summed E-state index contributed by atoms with van der Waals surface area (Å²) in [6.45, 7) is -0.214. The van der Waals surface area contributed by atoms with Crippen molar-refractivity contribution in [2.45, 2.75) is 43.9 Å². The minimum absolute atomic E-state index is 0.132. The number of hydrogen-bond acceptors (Lipinski definition) is 5. The molecular weight excluding hydrogens is 358 g/mol.